The van der Waals surface area contributed by atoms with Crippen LogP contribution in [0.2, 0.25) is 0 Å². The number of nitrogens with two attached hydrogens (primary N) is 1. The molecule has 5 nitrogen and oxygen atoms in total. The molecule has 0 atom stereocenters. The topological polar surface area (TPSA) is 72.4 Å². The first-order valence-corrected chi connectivity index (χ1v) is 5.28. The smallest absolute Gasteiger partial charge is 0.294 e. The molecule has 1 aliphatic rings. The Morgan fingerprint density at radius 2 is 2.00 bits per heavy atom. The van der Waals surface area contributed by atoms with Crippen molar-refractivity contribution in [2.75, 3.05) is 18.8 Å². The molecule has 0 aliphatic carbocycles. The highest BCUT2D eigenvalue weighted by molar-refractivity contribution is 5.95. The van der Waals surface area contributed by atoms with Crippen molar-refractivity contribution in [3.63, 3.8) is 0 Å². The van der Waals surface area contributed by atoms with E-state index in [-0.39, 0.29) is 11.7 Å². The third-order valence-electron chi connectivity index (χ3n) is 2.69. The van der Waals surface area contributed by atoms with E-state index < -0.39 is 0 Å². The number of likely N-dealkylation sites (tertiary alicyclic amines) is 1. The van der Waals surface area contributed by atoms with Crippen LogP contribution >= 0.6 is 0 Å². The molecule has 1 aliphatic heterocycles. The van der Waals surface area contributed by atoms with E-state index in [2.05, 4.69) is 5.16 Å². The molecule has 1 fully saturated rings. The molecule has 1 aromatic heterocycles. The molecule has 0 aromatic carbocycles. The van der Waals surface area contributed by atoms with Crippen molar-refractivity contribution in [2.45, 2.75) is 25.7 Å². The Balaban J connectivity index is 2.09. The molecular weight excluding hydrogens is 194 g/mol. The van der Waals surface area contributed by atoms with E-state index in [4.69, 9.17) is 10.3 Å². The summed E-state index contributed by atoms with van der Waals surface area (Å²) in [5, 5.41) is 3.51. The fraction of sp³-hybridized carbons (Fsp3) is 0.600. The standard InChI is InChI=1S/C10H15N3O2/c11-8-7-12-15-9(8)10(14)13-5-3-1-2-4-6-13/h7H,1-6,11H2. The zero-order valence-electron chi connectivity index (χ0n) is 8.61. The molecule has 0 unspecified atom stereocenters. The summed E-state index contributed by atoms with van der Waals surface area (Å²) in [6, 6.07) is 0. The van der Waals surface area contributed by atoms with Gasteiger partial charge in [-0.05, 0) is 12.8 Å². The van der Waals surface area contributed by atoms with Crippen LogP contribution in [0, 0.1) is 0 Å². The first kappa shape index (κ1) is 10.0. The number of nitrogen functional groups attached to an aromatic ring is 1. The number of amides is 1. The van der Waals surface area contributed by atoms with Crippen molar-refractivity contribution in [1.29, 1.82) is 0 Å². The molecule has 0 bridgehead atoms. The molecule has 15 heavy (non-hydrogen) atoms. The third-order valence-corrected chi connectivity index (χ3v) is 2.69. The van der Waals surface area contributed by atoms with Gasteiger partial charge in [0.2, 0.25) is 5.76 Å². The van der Waals surface area contributed by atoms with Crippen LogP contribution in [0.15, 0.2) is 10.7 Å². The number of rotatable bonds is 1. The van der Waals surface area contributed by atoms with Crippen LogP contribution in [0.4, 0.5) is 5.69 Å². The SMILES string of the molecule is Nc1cnoc1C(=O)N1CCCCCC1. The molecule has 1 aromatic rings. The van der Waals surface area contributed by atoms with Gasteiger partial charge in [0.15, 0.2) is 0 Å². The zero-order chi connectivity index (χ0) is 10.7. The molecule has 2 heterocycles. The van der Waals surface area contributed by atoms with Crippen LogP contribution in [0.25, 0.3) is 0 Å². The van der Waals surface area contributed by atoms with Gasteiger partial charge in [0.1, 0.15) is 5.69 Å². The van der Waals surface area contributed by atoms with Gasteiger partial charge in [-0.3, -0.25) is 4.79 Å². The first-order chi connectivity index (χ1) is 7.29. The number of hydrogen-bond acceptors (Lipinski definition) is 4. The average molecular weight is 209 g/mol. The molecule has 1 saturated heterocycles. The Bertz CT molecular complexity index is 340. The van der Waals surface area contributed by atoms with E-state index >= 15 is 0 Å². The monoisotopic (exact) mass is 209 g/mol. The minimum atomic E-state index is -0.132. The minimum absolute atomic E-state index is 0.132. The van der Waals surface area contributed by atoms with E-state index in [1.807, 2.05) is 0 Å². The Labute approximate surface area is 88.2 Å². The van der Waals surface area contributed by atoms with E-state index in [1.54, 1.807) is 4.90 Å². The Kier molecular flexibility index (Phi) is 2.89. The van der Waals surface area contributed by atoms with Gasteiger partial charge in [-0.1, -0.05) is 18.0 Å². The van der Waals surface area contributed by atoms with E-state index in [1.165, 1.54) is 19.0 Å². The van der Waals surface area contributed by atoms with Crippen LogP contribution in [0.1, 0.15) is 36.2 Å². The van der Waals surface area contributed by atoms with Crippen molar-refractivity contribution >= 4 is 11.6 Å². The highest BCUT2D eigenvalue weighted by atomic mass is 16.5. The summed E-state index contributed by atoms with van der Waals surface area (Å²) < 4.78 is 4.85. The predicted molar refractivity (Wildman–Crippen MR) is 55.3 cm³/mol. The quantitative estimate of drug-likeness (QED) is 0.756. The Morgan fingerprint density at radius 3 is 2.53 bits per heavy atom. The zero-order valence-corrected chi connectivity index (χ0v) is 8.61. The van der Waals surface area contributed by atoms with Gasteiger partial charge >= 0.3 is 0 Å². The lowest BCUT2D eigenvalue weighted by Gasteiger charge is -2.18. The highest BCUT2D eigenvalue weighted by Crippen LogP contribution is 2.16. The van der Waals surface area contributed by atoms with Crippen molar-refractivity contribution in [1.82, 2.24) is 10.1 Å². The fourth-order valence-electron chi connectivity index (χ4n) is 1.83. The molecule has 1 amide bonds. The molecule has 2 rings (SSSR count). The average Bonchev–Trinajstić information content (AvgIpc) is 2.53. The van der Waals surface area contributed by atoms with E-state index in [9.17, 15) is 4.79 Å². The van der Waals surface area contributed by atoms with Crippen LogP contribution in [-0.4, -0.2) is 29.1 Å². The van der Waals surface area contributed by atoms with Gasteiger partial charge in [0.25, 0.3) is 5.91 Å². The lowest BCUT2D eigenvalue weighted by atomic mass is 10.2. The van der Waals surface area contributed by atoms with Crippen molar-refractivity contribution < 1.29 is 9.32 Å². The number of hydrogen-bond donors (Lipinski definition) is 1. The molecular formula is C10H15N3O2. The summed E-state index contributed by atoms with van der Waals surface area (Å²) in [5.41, 5.74) is 5.91. The number of carbonyl (C=O) groups is 1. The van der Waals surface area contributed by atoms with Gasteiger partial charge < -0.3 is 15.2 Å². The lowest BCUT2D eigenvalue weighted by Crippen LogP contribution is -2.31. The molecule has 0 spiro atoms. The number of aromatic nitrogens is 1. The summed E-state index contributed by atoms with van der Waals surface area (Å²) in [4.78, 5) is 13.7. The second kappa shape index (κ2) is 4.33. The fourth-order valence-corrected chi connectivity index (χ4v) is 1.83. The summed E-state index contributed by atoms with van der Waals surface area (Å²) in [6.07, 6.45) is 5.86. The van der Waals surface area contributed by atoms with Crippen LogP contribution in [0.5, 0.6) is 0 Å². The lowest BCUT2D eigenvalue weighted by molar-refractivity contribution is 0.0721. The summed E-state index contributed by atoms with van der Waals surface area (Å²) in [7, 11) is 0. The first-order valence-electron chi connectivity index (χ1n) is 5.28. The number of nitrogens with zero attached hydrogens (tertiary/aromatic N) is 2. The van der Waals surface area contributed by atoms with Gasteiger partial charge in [-0.15, -0.1) is 0 Å². The third kappa shape index (κ3) is 2.11. The molecule has 0 radical (unpaired) electrons. The summed E-state index contributed by atoms with van der Waals surface area (Å²) in [6.45, 7) is 1.58. The summed E-state index contributed by atoms with van der Waals surface area (Å²) in [5.74, 6) is 0.0452. The second-order valence-corrected chi connectivity index (χ2v) is 3.82. The molecule has 2 N–H and O–H groups in total. The Morgan fingerprint density at radius 1 is 1.33 bits per heavy atom. The molecule has 0 saturated carbocycles. The largest absolute Gasteiger partial charge is 0.394 e. The molecule has 82 valence electrons. The van der Waals surface area contributed by atoms with Gasteiger partial charge in [-0.25, -0.2) is 0 Å². The van der Waals surface area contributed by atoms with Crippen molar-refractivity contribution in [3.05, 3.63) is 12.0 Å². The van der Waals surface area contributed by atoms with E-state index in [0.29, 0.717) is 5.69 Å². The van der Waals surface area contributed by atoms with Crippen molar-refractivity contribution in [3.8, 4) is 0 Å². The number of carbonyl (C=O) groups excluding carboxylic acids is 1. The van der Waals surface area contributed by atoms with Gasteiger partial charge in [0, 0.05) is 13.1 Å². The number of anilines is 1. The van der Waals surface area contributed by atoms with Crippen LogP contribution in [-0.2, 0) is 0 Å². The predicted octanol–water partition coefficient (Wildman–Crippen LogP) is 1.27. The molecule has 5 heteroatoms. The Hall–Kier alpha value is -1.52. The van der Waals surface area contributed by atoms with Gasteiger partial charge in [-0.2, -0.15) is 0 Å². The van der Waals surface area contributed by atoms with Crippen LogP contribution < -0.4 is 5.73 Å². The normalized spacial score (nSPS) is 17.5. The highest BCUT2D eigenvalue weighted by Gasteiger charge is 2.22. The van der Waals surface area contributed by atoms with Crippen LogP contribution in [0.3, 0.4) is 0 Å². The summed E-state index contributed by atoms with van der Waals surface area (Å²) >= 11 is 0. The maximum Gasteiger partial charge on any atom is 0.294 e. The van der Waals surface area contributed by atoms with Gasteiger partial charge in [0.05, 0.1) is 6.20 Å². The second-order valence-electron chi connectivity index (χ2n) is 3.82. The maximum atomic E-state index is 11.9. The van der Waals surface area contributed by atoms with E-state index in [0.717, 1.165) is 25.9 Å². The minimum Gasteiger partial charge on any atom is -0.394 e. The maximum absolute atomic E-state index is 11.9. The van der Waals surface area contributed by atoms with Crippen molar-refractivity contribution in [2.24, 2.45) is 0 Å².